The summed E-state index contributed by atoms with van der Waals surface area (Å²) < 4.78 is 81.1. The van der Waals surface area contributed by atoms with Gasteiger partial charge in [0.05, 0.1) is 0 Å². The normalized spacial score (nSPS) is 13.5. The zero-order valence-corrected chi connectivity index (χ0v) is 17.3. The fourth-order valence-electron chi connectivity index (χ4n) is 2.12. The fraction of sp³-hybridized carbons (Fsp3) is 1.00. The van der Waals surface area contributed by atoms with Crippen LogP contribution in [-0.4, -0.2) is 78.5 Å². The van der Waals surface area contributed by atoms with Crippen LogP contribution < -0.4 is 4.72 Å². The molecule has 25 heavy (non-hydrogen) atoms. The van der Waals surface area contributed by atoms with Crippen molar-refractivity contribution in [3.8, 4) is 0 Å². The molecule has 0 aliphatic carbocycles. The quantitative estimate of drug-likeness (QED) is 0.242. The van der Waals surface area contributed by atoms with Crippen molar-refractivity contribution in [1.82, 2.24) is 9.03 Å². The van der Waals surface area contributed by atoms with Gasteiger partial charge in [0.2, 0.25) is 0 Å². The molecule has 0 radical (unpaired) electrons. The Morgan fingerprint density at radius 3 is 1.76 bits per heavy atom. The van der Waals surface area contributed by atoms with Crippen molar-refractivity contribution in [3.63, 3.8) is 0 Å². The Morgan fingerprint density at radius 1 is 0.920 bits per heavy atom. The third-order valence-corrected chi connectivity index (χ3v) is 7.69. The first-order chi connectivity index (χ1) is 11.5. The third kappa shape index (κ3) is 11.2. The molecule has 0 aromatic heterocycles. The van der Waals surface area contributed by atoms with Gasteiger partial charge in [-0.25, -0.2) is 0 Å². The highest BCUT2D eigenvalue weighted by Crippen LogP contribution is 2.19. The fourth-order valence-corrected chi connectivity index (χ4v) is 5.74. The maximum atomic E-state index is 11.4. The molecule has 0 heterocycles. The van der Waals surface area contributed by atoms with Gasteiger partial charge in [0, 0.05) is 45.5 Å². The third-order valence-electron chi connectivity index (χ3n) is 2.96. The Hall–Kier alpha value is -0.163. The second-order valence-corrected chi connectivity index (χ2v) is 10.2. The Morgan fingerprint density at radius 2 is 1.40 bits per heavy atom. The predicted molar refractivity (Wildman–Crippen MR) is 92.7 cm³/mol. The van der Waals surface area contributed by atoms with Crippen LogP contribution >= 0.6 is 0 Å². The van der Waals surface area contributed by atoms with Gasteiger partial charge in [0.25, 0.3) is 0 Å². The van der Waals surface area contributed by atoms with E-state index in [4.69, 9.17) is 17.8 Å². The highest BCUT2D eigenvalue weighted by atomic mass is 32.2. The molecular formula is C11H28N2O9S2Si. The average Bonchev–Trinajstić information content (AvgIpc) is 2.44. The van der Waals surface area contributed by atoms with E-state index in [1.165, 1.54) is 0 Å². The lowest BCUT2D eigenvalue weighted by Gasteiger charge is -2.29. The standard InChI is InChI=1S/C11H28N2O9S2Si/c1-4-20-25(21-5-2,22-6-3)11-7-9-13(24(17,18)19)10-8-12-23(14,15)16/h12H,4-11H2,1-3H3,(H,14,15,16)(H,17,18,19). The van der Waals surface area contributed by atoms with Gasteiger partial charge in [0.15, 0.2) is 0 Å². The van der Waals surface area contributed by atoms with Gasteiger partial charge in [-0.1, -0.05) is 0 Å². The molecule has 0 fully saturated rings. The lowest BCUT2D eigenvalue weighted by atomic mass is 10.4. The minimum atomic E-state index is -4.53. The van der Waals surface area contributed by atoms with E-state index in [0.717, 1.165) is 0 Å². The Balaban J connectivity index is 4.79. The summed E-state index contributed by atoms with van der Waals surface area (Å²) in [4.78, 5) is 0. The van der Waals surface area contributed by atoms with E-state index in [-0.39, 0.29) is 26.1 Å². The number of hydrogen-bond donors (Lipinski definition) is 3. The van der Waals surface area contributed by atoms with E-state index in [0.29, 0.717) is 30.2 Å². The molecule has 0 aromatic carbocycles. The minimum Gasteiger partial charge on any atom is -0.374 e. The highest BCUT2D eigenvalue weighted by Gasteiger charge is 2.40. The lowest BCUT2D eigenvalue weighted by molar-refractivity contribution is 0.0704. The largest absolute Gasteiger partial charge is 0.500 e. The van der Waals surface area contributed by atoms with E-state index in [1.807, 2.05) is 0 Å². The average molecular weight is 425 g/mol. The maximum Gasteiger partial charge on any atom is 0.500 e. The summed E-state index contributed by atoms with van der Waals surface area (Å²) in [6, 6.07) is 0.334. The molecule has 0 bridgehead atoms. The predicted octanol–water partition coefficient (Wildman–Crippen LogP) is -0.0779. The van der Waals surface area contributed by atoms with Crippen LogP contribution in [0.15, 0.2) is 0 Å². The summed E-state index contributed by atoms with van der Waals surface area (Å²) >= 11 is 0. The molecule has 0 amide bonds. The molecule has 0 unspecified atom stereocenters. The topological polar surface area (TPSA) is 152 Å². The van der Waals surface area contributed by atoms with Crippen molar-refractivity contribution in [2.75, 3.05) is 39.5 Å². The van der Waals surface area contributed by atoms with E-state index in [2.05, 4.69) is 0 Å². The van der Waals surface area contributed by atoms with Crippen LogP contribution in [0.1, 0.15) is 27.2 Å². The SMILES string of the molecule is CCO[Si](CCCN(CCNS(=O)(=O)O)S(=O)(=O)O)(OCC)OCC. The summed E-state index contributed by atoms with van der Waals surface area (Å²) in [6.45, 7) is 5.72. The second-order valence-electron chi connectivity index (χ2n) is 4.83. The van der Waals surface area contributed by atoms with Crippen LogP contribution in [-0.2, 0) is 33.9 Å². The molecule has 14 heteroatoms. The van der Waals surface area contributed by atoms with E-state index < -0.39 is 29.4 Å². The first kappa shape index (κ1) is 24.8. The van der Waals surface area contributed by atoms with E-state index in [1.54, 1.807) is 25.5 Å². The van der Waals surface area contributed by atoms with Crippen LogP contribution in [0.5, 0.6) is 0 Å². The van der Waals surface area contributed by atoms with Crippen LogP contribution in [0.3, 0.4) is 0 Å². The zero-order chi connectivity index (χ0) is 19.6. The van der Waals surface area contributed by atoms with Gasteiger partial charge < -0.3 is 13.3 Å². The summed E-state index contributed by atoms with van der Waals surface area (Å²) in [5.74, 6) is 0. The minimum absolute atomic E-state index is 0.0893. The molecule has 0 rings (SSSR count). The van der Waals surface area contributed by atoms with Crippen molar-refractivity contribution in [2.45, 2.75) is 33.2 Å². The van der Waals surface area contributed by atoms with E-state index >= 15 is 0 Å². The molecule has 0 aliphatic rings. The Bertz CT molecular complexity index is 553. The molecule has 3 N–H and O–H groups in total. The highest BCUT2D eigenvalue weighted by molar-refractivity contribution is 7.84. The van der Waals surface area contributed by atoms with Crippen molar-refractivity contribution in [2.24, 2.45) is 0 Å². The molecule has 11 nitrogen and oxygen atoms in total. The van der Waals surface area contributed by atoms with Crippen LogP contribution in [0.4, 0.5) is 0 Å². The van der Waals surface area contributed by atoms with Gasteiger partial charge in [-0.05, 0) is 27.2 Å². The number of hydrogen-bond acceptors (Lipinski definition) is 7. The Kier molecular flexibility index (Phi) is 11.5. The summed E-state index contributed by atoms with van der Waals surface area (Å²) in [6.07, 6.45) is 0.276. The van der Waals surface area contributed by atoms with Crippen molar-refractivity contribution >= 4 is 29.4 Å². The zero-order valence-electron chi connectivity index (χ0n) is 14.7. The molecule has 0 saturated carbocycles. The van der Waals surface area contributed by atoms with E-state index in [9.17, 15) is 21.4 Å². The first-order valence-electron chi connectivity index (χ1n) is 7.86. The molecule has 0 spiro atoms. The smallest absolute Gasteiger partial charge is 0.374 e. The van der Waals surface area contributed by atoms with Crippen LogP contribution in [0, 0.1) is 0 Å². The number of nitrogens with one attached hydrogen (secondary N) is 1. The van der Waals surface area contributed by atoms with Gasteiger partial charge in [0.1, 0.15) is 0 Å². The van der Waals surface area contributed by atoms with Crippen LogP contribution in [0.2, 0.25) is 6.04 Å². The van der Waals surface area contributed by atoms with Crippen molar-refractivity contribution in [3.05, 3.63) is 0 Å². The number of nitrogens with zero attached hydrogens (tertiary/aromatic N) is 1. The summed E-state index contributed by atoms with van der Waals surface area (Å²) in [5, 5.41) is 0. The molecule has 0 atom stereocenters. The van der Waals surface area contributed by atoms with Crippen molar-refractivity contribution in [1.29, 1.82) is 0 Å². The second kappa shape index (κ2) is 11.5. The summed E-state index contributed by atoms with van der Waals surface area (Å²) in [7, 11) is -11.9. The molecule has 152 valence electrons. The maximum absolute atomic E-state index is 11.4. The lowest BCUT2D eigenvalue weighted by Crippen LogP contribution is -2.47. The number of rotatable bonds is 15. The molecule has 0 saturated heterocycles. The molecule has 0 aromatic rings. The van der Waals surface area contributed by atoms with Gasteiger partial charge in [-0.3, -0.25) is 9.11 Å². The monoisotopic (exact) mass is 424 g/mol. The Labute approximate surface area is 150 Å². The van der Waals surface area contributed by atoms with Gasteiger partial charge in [-0.15, -0.1) is 0 Å². The first-order valence-corrected chi connectivity index (χ1v) is 12.6. The van der Waals surface area contributed by atoms with Crippen LogP contribution in [0.25, 0.3) is 0 Å². The summed E-state index contributed by atoms with van der Waals surface area (Å²) in [5.41, 5.74) is 0. The molecular weight excluding hydrogens is 396 g/mol. The molecule has 0 aliphatic heterocycles. The van der Waals surface area contributed by atoms with Gasteiger partial charge >= 0.3 is 29.4 Å². The van der Waals surface area contributed by atoms with Crippen molar-refractivity contribution < 1.29 is 39.2 Å². The van der Waals surface area contributed by atoms with Gasteiger partial charge in [-0.2, -0.15) is 25.9 Å².